The molecule has 1 aliphatic rings. The summed E-state index contributed by atoms with van der Waals surface area (Å²) in [7, 11) is -3.92. The summed E-state index contributed by atoms with van der Waals surface area (Å²) in [5.41, 5.74) is 0.985. The van der Waals surface area contributed by atoms with Gasteiger partial charge in [0.15, 0.2) is 16.8 Å². The Morgan fingerprint density at radius 3 is 2.66 bits per heavy atom. The number of hydrogen-bond donors (Lipinski definition) is 0. The topological polar surface area (TPSA) is 65.0 Å². The van der Waals surface area contributed by atoms with Gasteiger partial charge in [0.25, 0.3) is 0 Å². The van der Waals surface area contributed by atoms with E-state index < -0.39 is 24.4 Å². The van der Waals surface area contributed by atoms with E-state index in [0.29, 0.717) is 34.2 Å². The number of halogens is 3. The van der Waals surface area contributed by atoms with Gasteiger partial charge in [-0.3, -0.25) is 9.56 Å². The molecule has 1 aromatic heterocycles. The number of thiophene rings is 1. The number of aliphatic imine (C=N–C) groups is 1. The lowest BCUT2D eigenvalue weighted by Gasteiger charge is -2.36. The molecule has 0 spiro atoms. The summed E-state index contributed by atoms with van der Waals surface area (Å²) in [6.45, 7) is 0.207. The largest absolute Gasteiger partial charge is 0.350 e. The number of carbonyl (C=O) groups excluding carboxylic acids is 1. The minimum Gasteiger partial charge on any atom is -0.308 e. The van der Waals surface area contributed by atoms with Gasteiger partial charge in [0.2, 0.25) is 0 Å². The van der Waals surface area contributed by atoms with Crippen molar-refractivity contribution in [2.24, 2.45) is 4.99 Å². The zero-order chi connectivity index (χ0) is 22.8. The Kier molecular flexibility index (Phi) is 6.89. The van der Waals surface area contributed by atoms with Crippen molar-refractivity contribution in [2.75, 3.05) is 19.8 Å². The Labute approximate surface area is 192 Å². The van der Waals surface area contributed by atoms with Crippen LogP contribution in [0.25, 0.3) is 10.1 Å². The molecule has 32 heavy (non-hydrogen) atoms. The third-order valence-electron chi connectivity index (χ3n) is 5.27. The van der Waals surface area contributed by atoms with Crippen molar-refractivity contribution in [1.29, 1.82) is 0 Å². The molecular formula is C22H19ClF2NO4PS. The maximum Gasteiger partial charge on any atom is 0.350 e. The van der Waals surface area contributed by atoms with Gasteiger partial charge in [0, 0.05) is 22.4 Å². The van der Waals surface area contributed by atoms with Crippen LogP contribution in [0.5, 0.6) is 0 Å². The van der Waals surface area contributed by atoms with E-state index in [1.165, 1.54) is 23.6 Å². The zero-order valence-corrected chi connectivity index (χ0v) is 19.3. The van der Waals surface area contributed by atoms with E-state index in [1.54, 1.807) is 17.5 Å². The quantitative estimate of drug-likeness (QED) is 0.222. The summed E-state index contributed by atoms with van der Waals surface area (Å²) in [6, 6.07) is 8.84. The van der Waals surface area contributed by atoms with Crippen molar-refractivity contribution in [3.63, 3.8) is 0 Å². The van der Waals surface area contributed by atoms with Crippen LogP contribution in [-0.4, -0.2) is 32.3 Å². The van der Waals surface area contributed by atoms with Gasteiger partial charge in [-0.25, -0.2) is 8.78 Å². The van der Waals surface area contributed by atoms with E-state index in [2.05, 4.69) is 4.99 Å². The van der Waals surface area contributed by atoms with E-state index in [0.717, 1.165) is 16.8 Å². The van der Waals surface area contributed by atoms with Crippen LogP contribution < -0.4 is 0 Å². The fourth-order valence-corrected chi connectivity index (χ4v) is 6.98. The number of aldehydes is 1. The predicted molar refractivity (Wildman–Crippen MR) is 122 cm³/mol. The molecule has 2 aromatic carbocycles. The maximum atomic E-state index is 13.8. The first-order chi connectivity index (χ1) is 15.4. The van der Waals surface area contributed by atoms with Crippen molar-refractivity contribution in [3.05, 3.63) is 69.6 Å². The van der Waals surface area contributed by atoms with Crippen LogP contribution in [0.4, 0.5) is 8.78 Å². The number of rotatable bonds is 7. The van der Waals surface area contributed by atoms with E-state index in [1.807, 2.05) is 6.07 Å². The van der Waals surface area contributed by atoms with Crippen LogP contribution in [0.1, 0.15) is 17.5 Å². The van der Waals surface area contributed by atoms with Crippen LogP contribution in [0, 0.1) is 11.6 Å². The molecule has 0 radical (unpaired) electrons. The molecule has 0 saturated carbocycles. The molecule has 2 heterocycles. The molecule has 1 fully saturated rings. The molecule has 1 unspecified atom stereocenters. The minimum absolute atomic E-state index is 0.199. The fourth-order valence-electron chi connectivity index (χ4n) is 3.56. The van der Waals surface area contributed by atoms with Gasteiger partial charge in [0.1, 0.15) is 6.29 Å². The highest BCUT2D eigenvalue weighted by Gasteiger charge is 2.55. The van der Waals surface area contributed by atoms with Gasteiger partial charge in [-0.2, -0.15) is 0 Å². The Hall–Kier alpha value is -1.96. The maximum absolute atomic E-state index is 13.8. The smallest absolute Gasteiger partial charge is 0.308 e. The number of fused-ring (bicyclic) bond motifs is 1. The molecule has 10 heteroatoms. The normalized spacial score (nSPS) is 18.1. The highest BCUT2D eigenvalue weighted by atomic mass is 35.5. The van der Waals surface area contributed by atoms with Crippen molar-refractivity contribution in [3.8, 4) is 0 Å². The zero-order valence-electron chi connectivity index (χ0n) is 16.8. The highest BCUT2D eigenvalue weighted by molar-refractivity contribution is 7.56. The molecule has 0 amide bonds. The highest BCUT2D eigenvalue weighted by Crippen LogP contribution is 2.66. The molecular weight excluding hydrogens is 479 g/mol. The Balaban J connectivity index is 1.71. The Morgan fingerprint density at radius 1 is 1.16 bits per heavy atom. The molecule has 0 aliphatic carbocycles. The molecule has 0 bridgehead atoms. The number of hydrogen-bond acceptors (Lipinski definition) is 6. The van der Waals surface area contributed by atoms with Crippen LogP contribution >= 0.6 is 30.5 Å². The lowest BCUT2D eigenvalue weighted by molar-refractivity contribution is -0.110. The molecule has 1 saturated heterocycles. The molecule has 5 nitrogen and oxygen atoms in total. The van der Waals surface area contributed by atoms with E-state index in [-0.39, 0.29) is 26.2 Å². The molecule has 1 atom stereocenters. The third kappa shape index (κ3) is 4.30. The minimum atomic E-state index is -3.92. The summed E-state index contributed by atoms with van der Waals surface area (Å²) >= 11 is 7.57. The Bertz CT molecular complexity index is 1220. The number of carbonyl (C=O) groups is 1. The van der Waals surface area contributed by atoms with E-state index >= 15 is 0 Å². The number of benzene rings is 2. The predicted octanol–water partition coefficient (Wildman–Crippen LogP) is 6.17. The lowest BCUT2D eigenvalue weighted by Crippen LogP contribution is -2.35. The summed E-state index contributed by atoms with van der Waals surface area (Å²) in [5, 5.41) is 1.24. The van der Waals surface area contributed by atoms with Crippen molar-refractivity contribution in [2.45, 2.75) is 18.0 Å². The molecule has 0 N–H and O–H groups in total. The first-order valence-electron chi connectivity index (χ1n) is 9.83. The summed E-state index contributed by atoms with van der Waals surface area (Å²) < 4.78 is 52.4. The van der Waals surface area contributed by atoms with Gasteiger partial charge < -0.3 is 13.8 Å². The SMILES string of the molecule is O=CC(CN=CCc1ccc(F)c(F)c1)(c1csc2ccc(Cl)cc12)P1(=O)OCCCO1. The second kappa shape index (κ2) is 9.49. The third-order valence-corrected chi connectivity index (χ3v) is 8.98. The van der Waals surface area contributed by atoms with Gasteiger partial charge >= 0.3 is 7.60 Å². The standard InChI is InChI=1S/C22H19ClF2NO4PS/c23-16-3-5-21-17(11-16)18(12-32-21)22(14-27,31(28)29-8-1-9-30-31)13-26-7-6-15-2-4-19(24)20(25)10-15/h2-5,7,10-12,14H,1,6,8-9,13H2. The average molecular weight is 498 g/mol. The van der Waals surface area contributed by atoms with Crippen LogP contribution in [-0.2, 0) is 30.0 Å². The van der Waals surface area contributed by atoms with Crippen molar-refractivity contribution >= 4 is 53.1 Å². The van der Waals surface area contributed by atoms with Crippen LogP contribution in [0.15, 0.2) is 46.8 Å². The van der Waals surface area contributed by atoms with E-state index in [9.17, 15) is 18.1 Å². The lowest BCUT2D eigenvalue weighted by atomic mass is 9.99. The number of nitrogens with zero attached hydrogens (tertiary/aromatic N) is 1. The summed E-state index contributed by atoms with van der Waals surface area (Å²) in [5.74, 6) is -1.88. The van der Waals surface area contributed by atoms with Gasteiger partial charge in [-0.05, 0) is 58.6 Å². The van der Waals surface area contributed by atoms with E-state index in [4.69, 9.17) is 20.6 Å². The van der Waals surface area contributed by atoms with Crippen molar-refractivity contribution < 1.29 is 27.2 Å². The second-order valence-electron chi connectivity index (χ2n) is 7.33. The van der Waals surface area contributed by atoms with Crippen LogP contribution in [0.3, 0.4) is 0 Å². The van der Waals surface area contributed by atoms with Crippen LogP contribution in [0.2, 0.25) is 5.02 Å². The average Bonchev–Trinajstić information content (AvgIpc) is 3.20. The summed E-state index contributed by atoms with van der Waals surface area (Å²) in [4.78, 5) is 16.9. The first-order valence-corrected chi connectivity index (χ1v) is 12.6. The second-order valence-corrected chi connectivity index (χ2v) is 11.0. The fraction of sp³-hybridized carbons (Fsp3) is 0.273. The first kappa shape index (κ1) is 23.2. The summed E-state index contributed by atoms with van der Waals surface area (Å²) in [6.07, 6.45) is 2.82. The van der Waals surface area contributed by atoms with Gasteiger partial charge in [-0.15, -0.1) is 11.3 Å². The molecule has 4 rings (SSSR count). The Morgan fingerprint density at radius 2 is 1.94 bits per heavy atom. The molecule has 168 valence electrons. The van der Waals surface area contributed by atoms with Gasteiger partial charge in [-0.1, -0.05) is 17.7 Å². The van der Waals surface area contributed by atoms with Crippen molar-refractivity contribution in [1.82, 2.24) is 0 Å². The monoisotopic (exact) mass is 497 g/mol. The molecule has 3 aromatic rings. The van der Waals surface area contributed by atoms with Gasteiger partial charge in [0.05, 0.1) is 19.8 Å². The molecule has 1 aliphatic heterocycles.